The van der Waals surface area contributed by atoms with E-state index in [1.54, 1.807) is 24.5 Å². The van der Waals surface area contributed by atoms with Gasteiger partial charge in [0.25, 0.3) is 0 Å². The topological polar surface area (TPSA) is 100 Å². The van der Waals surface area contributed by atoms with Gasteiger partial charge in [0.1, 0.15) is 0 Å². The lowest BCUT2D eigenvalue weighted by molar-refractivity contribution is -0.117. The molecule has 1 aliphatic carbocycles. The number of carbonyl (C=O) groups excluding carboxylic acids is 1. The van der Waals surface area contributed by atoms with Crippen molar-refractivity contribution in [3.05, 3.63) is 65.4 Å². The van der Waals surface area contributed by atoms with Crippen LogP contribution in [-0.2, 0) is 14.8 Å². The zero-order chi connectivity index (χ0) is 23.7. The number of aromatic nitrogens is 1. The Morgan fingerprint density at radius 1 is 1.15 bits per heavy atom. The normalized spacial score (nSPS) is 22.4. The predicted molar refractivity (Wildman–Crippen MR) is 133 cm³/mol. The van der Waals surface area contributed by atoms with Crippen LogP contribution in [0.4, 0.5) is 5.69 Å². The molecule has 178 valence electrons. The summed E-state index contributed by atoms with van der Waals surface area (Å²) >= 11 is 6.22. The number of nitrogens with zero attached hydrogens (tertiary/aromatic N) is 1. The van der Waals surface area contributed by atoms with Crippen molar-refractivity contribution < 1.29 is 13.2 Å². The summed E-state index contributed by atoms with van der Waals surface area (Å²) in [5, 5.41) is 8.57. The van der Waals surface area contributed by atoms with Gasteiger partial charge in [0.15, 0.2) is 0 Å². The third-order valence-corrected chi connectivity index (χ3v) is 8.43. The van der Waals surface area contributed by atoms with Gasteiger partial charge in [-0.1, -0.05) is 29.8 Å². The third-order valence-electron chi connectivity index (χ3n) is 6.69. The van der Waals surface area contributed by atoms with Crippen LogP contribution in [0.3, 0.4) is 0 Å². The Morgan fingerprint density at radius 3 is 2.74 bits per heavy atom. The first-order valence-electron chi connectivity index (χ1n) is 11.6. The summed E-state index contributed by atoms with van der Waals surface area (Å²) in [5.74, 6) is 0.229. The molecule has 1 saturated carbocycles. The van der Waals surface area contributed by atoms with Gasteiger partial charge in [-0.3, -0.25) is 9.78 Å². The molecule has 1 aromatic heterocycles. The van der Waals surface area contributed by atoms with E-state index in [-0.39, 0.29) is 22.6 Å². The number of halogens is 1. The molecule has 3 atom stereocenters. The van der Waals surface area contributed by atoms with Gasteiger partial charge >= 0.3 is 0 Å². The summed E-state index contributed by atoms with van der Waals surface area (Å²) in [6, 6.07) is 12.5. The lowest BCUT2D eigenvalue weighted by atomic mass is 10.0. The second-order valence-electron chi connectivity index (χ2n) is 9.13. The maximum atomic E-state index is 12.8. The van der Waals surface area contributed by atoms with E-state index in [9.17, 15) is 13.2 Å². The van der Waals surface area contributed by atoms with Crippen LogP contribution in [0.5, 0.6) is 0 Å². The minimum atomic E-state index is -3.55. The third kappa shape index (κ3) is 5.10. The lowest BCUT2D eigenvalue weighted by Crippen LogP contribution is -2.38. The number of anilines is 1. The summed E-state index contributed by atoms with van der Waals surface area (Å²) in [4.78, 5) is 17.1. The van der Waals surface area contributed by atoms with Crippen LogP contribution < -0.4 is 15.4 Å². The molecule has 2 aliphatic rings. The van der Waals surface area contributed by atoms with Gasteiger partial charge in [-0.05, 0) is 74.0 Å². The van der Waals surface area contributed by atoms with Crippen molar-refractivity contribution in [3.8, 4) is 0 Å². The van der Waals surface area contributed by atoms with Crippen molar-refractivity contribution >= 4 is 44.0 Å². The summed E-state index contributed by atoms with van der Waals surface area (Å²) in [6.45, 7) is 2.29. The largest absolute Gasteiger partial charge is 0.326 e. The second-order valence-corrected chi connectivity index (χ2v) is 11.3. The number of hydrogen-bond acceptors (Lipinski definition) is 5. The Bertz CT molecular complexity index is 1310. The van der Waals surface area contributed by atoms with Crippen LogP contribution in [0.2, 0.25) is 5.02 Å². The first kappa shape index (κ1) is 23.2. The summed E-state index contributed by atoms with van der Waals surface area (Å²) in [5.41, 5.74) is 1.67. The van der Waals surface area contributed by atoms with Crippen molar-refractivity contribution in [1.82, 2.24) is 15.0 Å². The molecule has 2 fully saturated rings. The summed E-state index contributed by atoms with van der Waals surface area (Å²) < 4.78 is 28.0. The standard InChI is InChI=1S/C25H27ClN4O3S/c26-24-15-28-14-18-3-6-19(10-22(18)24)30-25(31)23-11-21(23)17-4-7-20(8-5-17)34(32,33)29-13-16-2-1-9-27-12-16/h3-8,10,14-16,21,23,27,29H,1-2,9,11-13H2,(H,30,31)/t16-,21+,23-/m1/s1. The highest BCUT2D eigenvalue weighted by Gasteiger charge is 2.44. The maximum Gasteiger partial charge on any atom is 0.240 e. The summed E-state index contributed by atoms with van der Waals surface area (Å²) in [7, 11) is -3.55. The molecular weight excluding hydrogens is 472 g/mol. The Labute approximate surface area is 204 Å². The molecule has 7 nitrogen and oxygen atoms in total. The van der Waals surface area contributed by atoms with Crippen molar-refractivity contribution in [2.45, 2.75) is 30.1 Å². The highest BCUT2D eigenvalue weighted by atomic mass is 35.5. The molecule has 0 bridgehead atoms. The first-order valence-corrected chi connectivity index (χ1v) is 13.4. The fourth-order valence-electron chi connectivity index (χ4n) is 4.60. The van der Waals surface area contributed by atoms with E-state index in [2.05, 4.69) is 20.3 Å². The first-order chi connectivity index (χ1) is 16.4. The zero-order valence-electron chi connectivity index (χ0n) is 18.6. The van der Waals surface area contributed by atoms with Gasteiger partial charge < -0.3 is 10.6 Å². The molecule has 0 unspecified atom stereocenters. The van der Waals surface area contributed by atoms with E-state index in [1.807, 2.05) is 30.3 Å². The Morgan fingerprint density at radius 2 is 1.97 bits per heavy atom. The van der Waals surface area contributed by atoms with Gasteiger partial charge in [-0.25, -0.2) is 13.1 Å². The molecule has 1 aliphatic heterocycles. The van der Waals surface area contributed by atoms with Crippen molar-refractivity contribution in [2.24, 2.45) is 11.8 Å². The smallest absolute Gasteiger partial charge is 0.240 e. The Balaban J connectivity index is 1.19. The molecule has 3 N–H and O–H groups in total. The number of amides is 1. The number of piperidine rings is 1. The Kier molecular flexibility index (Phi) is 6.57. The molecule has 1 saturated heterocycles. The number of rotatable bonds is 7. The van der Waals surface area contributed by atoms with E-state index in [4.69, 9.17) is 11.6 Å². The number of sulfonamides is 1. The SMILES string of the molecule is O=C(Nc1ccc2cncc(Cl)c2c1)[C@@H]1C[C@H]1c1ccc(S(=O)(=O)NC[C@@H]2CCCNC2)cc1. The molecule has 3 aromatic rings. The molecule has 1 amide bonds. The zero-order valence-corrected chi connectivity index (χ0v) is 20.2. The van der Waals surface area contributed by atoms with E-state index < -0.39 is 10.0 Å². The molecular formula is C25H27ClN4O3S. The fourth-order valence-corrected chi connectivity index (χ4v) is 5.93. The molecule has 9 heteroatoms. The van der Waals surface area contributed by atoms with E-state index in [1.165, 1.54) is 0 Å². The van der Waals surface area contributed by atoms with Gasteiger partial charge in [-0.2, -0.15) is 0 Å². The lowest BCUT2D eigenvalue weighted by Gasteiger charge is -2.22. The molecule has 34 heavy (non-hydrogen) atoms. The van der Waals surface area contributed by atoms with Crippen LogP contribution in [0.1, 0.15) is 30.7 Å². The Hall–Kier alpha value is -2.52. The van der Waals surface area contributed by atoms with E-state index >= 15 is 0 Å². The van der Waals surface area contributed by atoms with Crippen LogP contribution in [0, 0.1) is 11.8 Å². The molecule has 5 rings (SSSR count). The minimum Gasteiger partial charge on any atom is -0.326 e. The number of benzene rings is 2. The van der Waals surface area contributed by atoms with Gasteiger partial charge in [-0.15, -0.1) is 0 Å². The molecule has 0 spiro atoms. The van der Waals surface area contributed by atoms with Gasteiger partial charge in [0.2, 0.25) is 15.9 Å². The quantitative estimate of drug-likeness (QED) is 0.458. The van der Waals surface area contributed by atoms with E-state index in [0.29, 0.717) is 23.2 Å². The van der Waals surface area contributed by atoms with Crippen molar-refractivity contribution in [2.75, 3.05) is 25.0 Å². The average Bonchev–Trinajstić information content (AvgIpc) is 3.65. The van der Waals surface area contributed by atoms with Crippen LogP contribution in [-0.4, -0.2) is 38.9 Å². The van der Waals surface area contributed by atoms with Crippen LogP contribution >= 0.6 is 11.6 Å². The van der Waals surface area contributed by atoms with E-state index in [0.717, 1.165) is 48.7 Å². The number of fused-ring (bicyclic) bond motifs is 1. The van der Waals surface area contributed by atoms with Gasteiger partial charge in [0.05, 0.1) is 9.92 Å². The number of pyridine rings is 1. The molecule has 2 heterocycles. The van der Waals surface area contributed by atoms with Crippen molar-refractivity contribution in [3.63, 3.8) is 0 Å². The number of nitrogens with one attached hydrogen (secondary N) is 3. The highest BCUT2D eigenvalue weighted by molar-refractivity contribution is 7.89. The maximum absolute atomic E-state index is 12.8. The minimum absolute atomic E-state index is 0.0472. The predicted octanol–water partition coefficient (Wildman–Crippen LogP) is 3.91. The molecule has 2 aromatic carbocycles. The monoisotopic (exact) mass is 498 g/mol. The van der Waals surface area contributed by atoms with Crippen molar-refractivity contribution in [1.29, 1.82) is 0 Å². The van der Waals surface area contributed by atoms with Crippen LogP contribution in [0.25, 0.3) is 10.8 Å². The number of hydrogen-bond donors (Lipinski definition) is 3. The highest BCUT2D eigenvalue weighted by Crippen LogP contribution is 2.48. The summed E-state index contributed by atoms with van der Waals surface area (Å²) in [6.07, 6.45) is 6.16. The van der Waals surface area contributed by atoms with Crippen LogP contribution in [0.15, 0.2) is 59.8 Å². The second kappa shape index (κ2) is 9.62. The number of carbonyl (C=O) groups is 1. The molecule has 0 radical (unpaired) electrons. The fraction of sp³-hybridized carbons (Fsp3) is 0.360. The average molecular weight is 499 g/mol. The van der Waals surface area contributed by atoms with Gasteiger partial charge in [0, 0.05) is 41.3 Å².